The van der Waals surface area contributed by atoms with Crippen molar-refractivity contribution in [2.75, 3.05) is 19.8 Å². The second-order valence-corrected chi connectivity index (χ2v) is 12.4. The van der Waals surface area contributed by atoms with Crippen LogP contribution in [0.4, 0.5) is 4.79 Å². The summed E-state index contributed by atoms with van der Waals surface area (Å²) >= 11 is 1.54. The molecule has 0 fully saturated rings. The van der Waals surface area contributed by atoms with E-state index in [9.17, 15) is 9.59 Å². The smallest absolute Gasteiger partial charge is 0.408 e. The van der Waals surface area contributed by atoms with Gasteiger partial charge in [0.05, 0.1) is 22.3 Å². The molecule has 0 radical (unpaired) electrons. The molecule has 0 saturated carbocycles. The summed E-state index contributed by atoms with van der Waals surface area (Å²) in [4.78, 5) is 33.8. The first-order chi connectivity index (χ1) is 21.6. The Balaban J connectivity index is 1.61. The highest BCUT2D eigenvalue weighted by Crippen LogP contribution is 2.24. The molecular formula is C35H43N3O6S. The standard InChI is InChI=1S/C35H43N3O6S/c1-6-41-31(42-7-2)22-38(21-27-14-11-15-30-32(27)36-24-45-30)33(39)29(37-34(40)43-23-26-12-9-8-10-13-26)20-25-16-18-28(19-17-25)44-35(3,4)5/h8-19,24,29,31H,6-7,20-23H2,1-5H3,(H,37,40)/t29-/m0/s1. The Morgan fingerprint density at radius 3 is 2.29 bits per heavy atom. The van der Waals surface area contributed by atoms with Crippen molar-refractivity contribution < 1.29 is 28.5 Å². The molecule has 0 spiro atoms. The lowest BCUT2D eigenvalue weighted by atomic mass is 10.0. The number of aromatic nitrogens is 1. The molecule has 1 N–H and O–H groups in total. The second-order valence-electron chi connectivity index (χ2n) is 11.5. The van der Waals surface area contributed by atoms with Crippen LogP contribution >= 0.6 is 11.3 Å². The summed E-state index contributed by atoms with van der Waals surface area (Å²) in [5.74, 6) is 0.428. The van der Waals surface area contributed by atoms with Crippen LogP contribution in [0, 0.1) is 0 Å². The highest BCUT2D eigenvalue weighted by atomic mass is 32.1. The molecule has 3 aromatic carbocycles. The van der Waals surface area contributed by atoms with E-state index in [-0.39, 0.29) is 37.6 Å². The molecule has 0 aliphatic rings. The van der Waals surface area contributed by atoms with Crippen molar-refractivity contribution in [3.63, 3.8) is 0 Å². The maximum absolute atomic E-state index is 14.4. The molecule has 4 rings (SSSR count). The van der Waals surface area contributed by atoms with E-state index in [4.69, 9.17) is 18.9 Å². The summed E-state index contributed by atoms with van der Waals surface area (Å²) in [6, 6.07) is 22.0. The molecule has 0 aliphatic carbocycles. The second kappa shape index (κ2) is 16.4. The number of nitrogens with one attached hydrogen (secondary N) is 1. The van der Waals surface area contributed by atoms with Crippen LogP contribution in [0.5, 0.6) is 5.75 Å². The molecular weight excluding hydrogens is 590 g/mol. The highest BCUT2D eigenvalue weighted by molar-refractivity contribution is 7.16. The van der Waals surface area contributed by atoms with Crippen molar-refractivity contribution in [1.29, 1.82) is 0 Å². The summed E-state index contributed by atoms with van der Waals surface area (Å²) in [6.45, 7) is 11.1. The molecule has 45 heavy (non-hydrogen) atoms. The number of carbonyl (C=O) groups excluding carboxylic acids is 2. The third kappa shape index (κ3) is 10.6. The van der Waals surface area contributed by atoms with Crippen LogP contribution < -0.4 is 10.1 Å². The minimum Gasteiger partial charge on any atom is -0.488 e. The Hall–Kier alpha value is -3.99. The Labute approximate surface area is 269 Å². The molecule has 240 valence electrons. The number of ether oxygens (including phenoxy) is 4. The molecule has 1 aromatic heterocycles. The molecule has 0 saturated heterocycles. The van der Waals surface area contributed by atoms with Gasteiger partial charge in [0.1, 0.15) is 24.0 Å². The zero-order valence-electron chi connectivity index (χ0n) is 26.7. The third-order valence-corrected chi connectivity index (χ3v) is 7.58. The van der Waals surface area contributed by atoms with Crippen LogP contribution in [0.2, 0.25) is 0 Å². The first-order valence-electron chi connectivity index (χ1n) is 15.2. The predicted molar refractivity (Wildman–Crippen MR) is 176 cm³/mol. The summed E-state index contributed by atoms with van der Waals surface area (Å²) < 4.78 is 24.2. The quantitative estimate of drug-likeness (QED) is 0.145. The van der Waals surface area contributed by atoms with E-state index >= 15 is 0 Å². The molecule has 1 atom stereocenters. The van der Waals surface area contributed by atoms with E-state index in [1.807, 2.05) is 107 Å². The van der Waals surface area contributed by atoms with Gasteiger partial charge in [-0.1, -0.05) is 54.6 Å². The van der Waals surface area contributed by atoms with Crippen LogP contribution in [-0.2, 0) is 38.6 Å². The maximum Gasteiger partial charge on any atom is 0.408 e. The number of fused-ring (bicyclic) bond motifs is 1. The zero-order valence-corrected chi connectivity index (χ0v) is 27.5. The van der Waals surface area contributed by atoms with Crippen LogP contribution in [0.1, 0.15) is 51.3 Å². The van der Waals surface area contributed by atoms with Gasteiger partial charge in [-0.2, -0.15) is 0 Å². The van der Waals surface area contributed by atoms with E-state index in [2.05, 4.69) is 10.3 Å². The Morgan fingerprint density at radius 1 is 0.911 bits per heavy atom. The van der Waals surface area contributed by atoms with Crippen molar-refractivity contribution in [1.82, 2.24) is 15.2 Å². The van der Waals surface area contributed by atoms with Crippen LogP contribution in [0.3, 0.4) is 0 Å². The molecule has 1 heterocycles. The number of nitrogens with zero attached hydrogens (tertiary/aromatic N) is 2. The lowest BCUT2D eigenvalue weighted by molar-refractivity contribution is -0.160. The average Bonchev–Trinajstić information content (AvgIpc) is 3.50. The van der Waals surface area contributed by atoms with Gasteiger partial charge in [-0.3, -0.25) is 4.79 Å². The van der Waals surface area contributed by atoms with Crippen LogP contribution in [0.15, 0.2) is 78.3 Å². The summed E-state index contributed by atoms with van der Waals surface area (Å²) in [6.07, 6.45) is -1.09. The molecule has 2 amide bonds. The van der Waals surface area contributed by atoms with Gasteiger partial charge in [-0.05, 0) is 69.5 Å². The minimum absolute atomic E-state index is 0.0821. The summed E-state index contributed by atoms with van der Waals surface area (Å²) in [5.41, 5.74) is 4.88. The topological polar surface area (TPSA) is 99.2 Å². The Bertz CT molecular complexity index is 1500. The number of rotatable bonds is 15. The number of para-hydroxylation sites is 1. The third-order valence-electron chi connectivity index (χ3n) is 6.78. The number of alkyl carbamates (subject to hydrolysis) is 1. The number of hydrogen-bond acceptors (Lipinski definition) is 8. The van der Waals surface area contributed by atoms with Crippen molar-refractivity contribution in [3.05, 3.63) is 95.0 Å². The summed E-state index contributed by atoms with van der Waals surface area (Å²) in [5, 5.41) is 2.85. The van der Waals surface area contributed by atoms with Gasteiger partial charge in [-0.25, -0.2) is 9.78 Å². The van der Waals surface area contributed by atoms with Crippen LogP contribution in [0.25, 0.3) is 10.2 Å². The van der Waals surface area contributed by atoms with Gasteiger partial charge < -0.3 is 29.2 Å². The van der Waals surface area contributed by atoms with E-state index in [0.717, 1.165) is 32.7 Å². The number of benzene rings is 3. The molecule has 0 bridgehead atoms. The fourth-order valence-corrected chi connectivity index (χ4v) is 5.55. The van der Waals surface area contributed by atoms with Crippen molar-refractivity contribution in [2.45, 2.75) is 72.1 Å². The van der Waals surface area contributed by atoms with Gasteiger partial charge in [0.25, 0.3) is 0 Å². The normalized spacial score (nSPS) is 12.2. The van der Waals surface area contributed by atoms with Crippen molar-refractivity contribution in [2.24, 2.45) is 0 Å². The van der Waals surface area contributed by atoms with Gasteiger partial charge in [0.2, 0.25) is 5.91 Å². The molecule has 0 unspecified atom stereocenters. The van der Waals surface area contributed by atoms with E-state index < -0.39 is 18.4 Å². The van der Waals surface area contributed by atoms with Gasteiger partial charge in [-0.15, -0.1) is 11.3 Å². The lowest BCUT2D eigenvalue weighted by Gasteiger charge is -2.31. The fourth-order valence-electron chi connectivity index (χ4n) is 4.83. The summed E-state index contributed by atoms with van der Waals surface area (Å²) in [7, 11) is 0. The molecule has 9 nitrogen and oxygen atoms in total. The highest BCUT2D eigenvalue weighted by Gasteiger charge is 2.30. The van der Waals surface area contributed by atoms with E-state index in [1.54, 1.807) is 21.7 Å². The van der Waals surface area contributed by atoms with Gasteiger partial charge >= 0.3 is 6.09 Å². The lowest BCUT2D eigenvalue weighted by Crippen LogP contribution is -2.51. The number of carbonyl (C=O) groups is 2. The first-order valence-corrected chi connectivity index (χ1v) is 16.1. The molecule has 10 heteroatoms. The fraction of sp³-hybridized carbons (Fsp3) is 0.400. The molecule has 4 aromatic rings. The van der Waals surface area contributed by atoms with Crippen molar-refractivity contribution in [3.8, 4) is 5.75 Å². The maximum atomic E-state index is 14.4. The van der Waals surface area contributed by atoms with E-state index in [1.165, 1.54) is 0 Å². The minimum atomic E-state index is -0.929. The predicted octanol–water partition coefficient (Wildman–Crippen LogP) is 6.74. The van der Waals surface area contributed by atoms with E-state index in [0.29, 0.717) is 13.2 Å². The SMILES string of the molecule is CCOC(CN(Cc1cccc2scnc12)C(=O)[C@H](Cc1ccc(OC(C)(C)C)cc1)NC(=O)OCc1ccccc1)OCC. The largest absolute Gasteiger partial charge is 0.488 e. The number of amides is 2. The van der Waals surface area contributed by atoms with Gasteiger partial charge in [0.15, 0.2) is 6.29 Å². The van der Waals surface area contributed by atoms with Crippen molar-refractivity contribution >= 4 is 33.6 Å². The van der Waals surface area contributed by atoms with Gasteiger partial charge in [0, 0.05) is 26.2 Å². The van der Waals surface area contributed by atoms with Crippen LogP contribution in [-0.4, -0.2) is 59.6 Å². The zero-order chi connectivity index (χ0) is 32.2. The average molecular weight is 634 g/mol. The Kier molecular flexibility index (Phi) is 12.3. The first kappa shape index (κ1) is 33.9. The number of thiazole rings is 1. The number of hydrogen-bond donors (Lipinski definition) is 1. The Morgan fingerprint density at radius 2 is 1.62 bits per heavy atom. The monoisotopic (exact) mass is 633 g/mol. The molecule has 0 aliphatic heterocycles.